The standard InChI is InChI=1S/C47H44N4O2/c1-5-49(6-2)35-21-23-40-42(28-35)53-43-29-36(50(7-3)8-4)22-24-41(43)47(40)39-18-10-9-16-38(39)46(52)51(47)26-25-48-30-34-27-33-15-11-13-31-19-20-32-14-12-17-37(34)45(32)44(31)33/h9-24,27-30H,5-8,25-26H2,1-4H3. The second-order valence-electron chi connectivity index (χ2n) is 14.1. The van der Waals surface area contributed by atoms with Gasteiger partial charge < -0.3 is 19.4 Å². The molecule has 6 nitrogen and oxygen atoms in total. The van der Waals surface area contributed by atoms with Gasteiger partial charge in [-0.1, -0.05) is 78.9 Å². The van der Waals surface area contributed by atoms with Crippen molar-refractivity contribution in [1.29, 1.82) is 0 Å². The zero-order chi connectivity index (χ0) is 36.3. The van der Waals surface area contributed by atoms with Crippen LogP contribution in [0.2, 0.25) is 0 Å². The topological polar surface area (TPSA) is 48.4 Å². The van der Waals surface area contributed by atoms with Crippen molar-refractivity contribution < 1.29 is 9.53 Å². The van der Waals surface area contributed by atoms with Crippen LogP contribution in [0.1, 0.15) is 60.3 Å². The minimum atomic E-state index is -0.875. The van der Waals surface area contributed by atoms with Gasteiger partial charge in [0.25, 0.3) is 5.91 Å². The molecule has 0 atom stereocenters. The predicted octanol–water partition coefficient (Wildman–Crippen LogP) is 10.2. The summed E-state index contributed by atoms with van der Waals surface area (Å²) in [5, 5.41) is 7.45. The molecule has 0 N–H and O–H groups in total. The zero-order valence-corrected chi connectivity index (χ0v) is 30.9. The fourth-order valence-electron chi connectivity index (χ4n) is 9.12. The molecule has 2 aliphatic rings. The number of amides is 1. The minimum absolute atomic E-state index is 0.0116. The van der Waals surface area contributed by atoms with Gasteiger partial charge >= 0.3 is 0 Å². The van der Waals surface area contributed by atoms with Crippen LogP contribution in [0.4, 0.5) is 11.4 Å². The van der Waals surface area contributed by atoms with Crippen molar-refractivity contribution in [2.24, 2.45) is 4.99 Å². The van der Waals surface area contributed by atoms with Gasteiger partial charge in [-0.15, -0.1) is 0 Å². The lowest BCUT2D eigenvalue weighted by atomic mass is 9.74. The van der Waals surface area contributed by atoms with Crippen molar-refractivity contribution in [3.8, 4) is 11.5 Å². The Bertz CT molecular complexity index is 2490. The first kappa shape index (κ1) is 33.0. The molecule has 0 bridgehead atoms. The van der Waals surface area contributed by atoms with E-state index < -0.39 is 5.54 Å². The molecule has 0 saturated heterocycles. The van der Waals surface area contributed by atoms with E-state index in [1.165, 1.54) is 32.3 Å². The number of fused-ring (bicyclic) bond motifs is 6. The van der Waals surface area contributed by atoms with Gasteiger partial charge in [0.05, 0.1) is 6.54 Å². The molecular weight excluding hydrogens is 653 g/mol. The van der Waals surface area contributed by atoms with Gasteiger partial charge in [-0.25, -0.2) is 0 Å². The molecule has 7 aromatic rings. The Labute approximate surface area is 311 Å². The summed E-state index contributed by atoms with van der Waals surface area (Å²) in [6, 6.07) is 40.8. The van der Waals surface area contributed by atoms with Crippen LogP contribution in [0.25, 0.3) is 32.3 Å². The maximum atomic E-state index is 14.7. The van der Waals surface area contributed by atoms with Crippen molar-refractivity contribution >= 4 is 55.8 Å². The number of hydrogen-bond acceptors (Lipinski definition) is 5. The number of hydrogen-bond donors (Lipinski definition) is 0. The fourth-order valence-corrected chi connectivity index (χ4v) is 9.12. The number of aliphatic imine (C=N–C) groups is 1. The Balaban J connectivity index is 1.17. The summed E-state index contributed by atoms with van der Waals surface area (Å²) >= 11 is 0. The number of carbonyl (C=O) groups excluding carboxylic acids is 1. The monoisotopic (exact) mass is 696 g/mol. The first-order chi connectivity index (χ1) is 26.0. The summed E-state index contributed by atoms with van der Waals surface area (Å²) < 4.78 is 6.88. The number of nitrogens with zero attached hydrogens (tertiary/aromatic N) is 4. The van der Waals surface area contributed by atoms with Gasteiger partial charge in [0.1, 0.15) is 17.0 Å². The van der Waals surface area contributed by atoms with Crippen molar-refractivity contribution in [2.45, 2.75) is 33.2 Å². The Morgan fingerprint density at radius 1 is 0.642 bits per heavy atom. The molecule has 2 aliphatic heterocycles. The second-order valence-corrected chi connectivity index (χ2v) is 14.1. The van der Waals surface area contributed by atoms with Crippen molar-refractivity contribution in [3.05, 3.63) is 143 Å². The molecule has 0 saturated carbocycles. The largest absolute Gasteiger partial charge is 0.456 e. The van der Waals surface area contributed by atoms with E-state index in [4.69, 9.17) is 9.73 Å². The van der Waals surface area contributed by atoms with E-state index >= 15 is 0 Å². The summed E-state index contributed by atoms with van der Waals surface area (Å²) in [5.74, 6) is 1.58. The van der Waals surface area contributed by atoms with Crippen LogP contribution in [-0.2, 0) is 5.54 Å². The number of anilines is 2. The van der Waals surface area contributed by atoms with E-state index in [1.807, 2.05) is 24.4 Å². The predicted molar refractivity (Wildman–Crippen MR) is 220 cm³/mol. The Morgan fingerprint density at radius 3 is 1.91 bits per heavy atom. The molecule has 1 amide bonds. The average molecular weight is 697 g/mol. The van der Waals surface area contributed by atoms with E-state index in [2.05, 4.69) is 139 Å². The third-order valence-electron chi connectivity index (χ3n) is 11.6. The molecule has 264 valence electrons. The summed E-state index contributed by atoms with van der Waals surface area (Å²) in [6.45, 7) is 13.1. The number of rotatable bonds is 10. The van der Waals surface area contributed by atoms with Gasteiger partial charge in [-0.05, 0) is 89.8 Å². The van der Waals surface area contributed by atoms with Crippen LogP contribution >= 0.6 is 0 Å². The SMILES string of the molecule is CCN(CC)c1ccc2c(c1)Oc1cc(N(CC)CC)ccc1C21c2ccccc2C(=O)N1CCN=Cc1cc2cccc3ccc4cccc1c4c32. The summed E-state index contributed by atoms with van der Waals surface area (Å²) in [6.07, 6.45) is 2.00. The summed E-state index contributed by atoms with van der Waals surface area (Å²) in [5.41, 5.74) is 6.08. The lowest BCUT2D eigenvalue weighted by Gasteiger charge is -2.44. The molecule has 53 heavy (non-hydrogen) atoms. The van der Waals surface area contributed by atoms with E-state index in [1.54, 1.807) is 0 Å². The maximum Gasteiger partial charge on any atom is 0.255 e. The molecule has 0 aliphatic carbocycles. The fraction of sp³-hybridized carbons (Fsp3) is 0.234. The van der Waals surface area contributed by atoms with Crippen LogP contribution in [0.5, 0.6) is 11.5 Å². The van der Waals surface area contributed by atoms with E-state index in [0.29, 0.717) is 13.1 Å². The highest BCUT2D eigenvalue weighted by Gasteiger charge is 2.56. The van der Waals surface area contributed by atoms with Crippen molar-refractivity contribution in [3.63, 3.8) is 0 Å². The first-order valence-corrected chi connectivity index (χ1v) is 19.1. The maximum absolute atomic E-state index is 14.7. The third kappa shape index (κ3) is 4.92. The van der Waals surface area contributed by atoms with Gasteiger partial charge in [-0.3, -0.25) is 9.79 Å². The lowest BCUT2D eigenvalue weighted by molar-refractivity contribution is 0.0673. The molecule has 0 unspecified atom stereocenters. The normalized spacial score (nSPS) is 14.3. The average Bonchev–Trinajstić information content (AvgIpc) is 3.44. The molecule has 0 radical (unpaired) electrons. The molecule has 1 spiro atoms. The first-order valence-electron chi connectivity index (χ1n) is 19.1. The molecule has 7 aromatic carbocycles. The van der Waals surface area contributed by atoms with Gasteiger partial charge in [0, 0.05) is 84.7 Å². The zero-order valence-electron chi connectivity index (χ0n) is 30.9. The van der Waals surface area contributed by atoms with Crippen molar-refractivity contribution in [2.75, 3.05) is 49.1 Å². The molecule has 6 heteroatoms. The highest BCUT2D eigenvalue weighted by molar-refractivity contribution is 6.26. The highest BCUT2D eigenvalue weighted by atomic mass is 16.5. The lowest BCUT2D eigenvalue weighted by Crippen LogP contribution is -2.48. The summed E-state index contributed by atoms with van der Waals surface area (Å²) in [4.78, 5) is 26.5. The quantitative estimate of drug-likeness (QED) is 0.106. The highest BCUT2D eigenvalue weighted by Crippen LogP contribution is 2.58. The van der Waals surface area contributed by atoms with Gasteiger partial charge in [-0.2, -0.15) is 0 Å². The molecule has 0 fully saturated rings. The number of ether oxygens (including phenoxy) is 1. The van der Waals surface area contributed by atoms with Gasteiger partial charge in [0.2, 0.25) is 0 Å². The molecule has 9 rings (SSSR count). The minimum Gasteiger partial charge on any atom is -0.456 e. The number of benzene rings is 7. The summed E-state index contributed by atoms with van der Waals surface area (Å²) in [7, 11) is 0. The third-order valence-corrected chi connectivity index (χ3v) is 11.6. The molecular formula is C47H44N4O2. The Kier molecular flexibility index (Phi) is 8.07. The van der Waals surface area contributed by atoms with Crippen LogP contribution < -0.4 is 14.5 Å². The number of carbonyl (C=O) groups is 1. The second kappa shape index (κ2) is 13.0. The molecule has 2 heterocycles. The van der Waals surface area contributed by atoms with E-state index in [-0.39, 0.29) is 5.91 Å². The van der Waals surface area contributed by atoms with Crippen LogP contribution in [-0.4, -0.2) is 56.3 Å². The molecule has 0 aromatic heterocycles. The van der Waals surface area contributed by atoms with Crippen LogP contribution in [0.3, 0.4) is 0 Å². The Hall–Kier alpha value is -5.88. The van der Waals surface area contributed by atoms with E-state index in [9.17, 15) is 4.79 Å². The van der Waals surface area contributed by atoms with E-state index in [0.717, 1.165) is 76.9 Å². The Morgan fingerprint density at radius 2 is 1.25 bits per heavy atom. The van der Waals surface area contributed by atoms with Crippen LogP contribution in [0.15, 0.2) is 120 Å². The van der Waals surface area contributed by atoms with Crippen LogP contribution in [0, 0.1) is 0 Å². The van der Waals surface area contributed by atoms with Crippen molar-refractivity contribution in [1.82, 2.24) is 4.90 Å². The van der Waals surface area contributed by atoms with Gasteiger partial charge in [0.15, 0.2) is 0 Å². The smallest absolute Gasteiger partial charge is 0.255 e.